The molecule has 1 heterocycles. The van der Waals surface area contributed by atoms with E-state index in [1.165, 1.54) is 16.8 Å². The number of aryl methyl sites for hydroxylation is 1. The van der Waals surface area contributed by atoms with E-state index < -0.39 is 0 Å². The molecule has 21 heavy (non-hydrogen) atoms. The van der Waals surface area contributed by atoms with Crippen molar-refractivity contribution in [3.63, 3.8) is 0 Å². The Labute approximate surface area is 127 Å². The van der Waals surface area contributed by atoms with Crippen molar-refractivity contribution < 1.29 is 4.79 Å². The van der Waals surface area contributed by atoms with Gasteiger partial charge >= 0.3 is 0 Å². The van der Waals surface area contributed by atoms with Gasteiger partial charge in [-0.3, -0.25) is 9.59 Å². The number of aromatic nitrogens is 2. The third-order valence-electron chi connectivity index (χ3n) is 2.90. The van der Waals surface area contributed by atoms with E-state index in [-0.39, 0.29) is 17.2 Å². The first-order valence-electron chi connectivity index (χ1n) is 6.71. The van der Waals surface area contributed by atoms with Gasteiger partial charge in [-0.05, 0) is 30.2 Å². The van der Waals surface area contributed by atoms with Crippen molar-refractivity contribution in [1.82, 2.24) is 15.1 Å². The topological polar surface area (TPSA) is 64.0 Å². The van der Waals surface area contributed by atoms with Gasteiger partial charge in [-0.1, -0.05) is 30.7 Å². The fourth-order valence-electron chi connectivity index (χ4n) is 1.82. The number of carbonyl (C=O) groups is 1. The molecule has 0 aliphatic carbocycles. The molecule has 0 aliphatic rings. The molecule has 1 aromatic heterocycles. The highest BCUT2D eigenvalue weighted by Crippen LogP contribution is 2.09. The normalized spacial score (nSPS) is 10.4. The number of benzene rings is 1. The van der Waals surface area contributed by atoms with Gasteiger partial charge in [0.1, 0.15) is 5.69 Å². The average molecular weight is 306 g/mol. The van der Waals surface area contributed by atoms with E-state index in [4.69, 9.17) is 11.6 Å². The van der Waals surface area contributed by atoms with Gasteiger partial charge in [0.15, 0.2) is 0 Å². The largest absolute Gasteiger partial charge is 0.347 e. The minimum Gasteiger partial charge on any atom is -0.347 e. The summed E-state index contributed by atoms with van der Waals surface area (Å²) in [4.78, 5) is 23.6. The van der Waals surface area contributed by atoms with Crippen molar-refractivity contribution in [1.29, 1.82) is 0 Å². The molecular formula is C15H16ClN3O2. The number of halogens is 1. The highest BCUT2D eigenvalue weighted by Gasteiger charge is 2.09. The smallest absolute Gasteiger partial charge is 0.271 e. The monoisotopic (exact) mass is 305 g/mol. The number of hydrogen-bond donors (Lipinski definition) is 1. The van der Waals surface area contributed by atoms with Crippen LogP contribution in [-0.4, -0.2) is 15.7 Å². The molecule has 0 unspecified atom stereocenters. The Morgan fingerprint density at radius 3 is 2.62 bits per heavy atom. The Bertz CT molecular complexity index is 680. The summed E-state index contributed by atoms with van der Waals surface area (Å²) in [6, 6.07) is 10.0. The first-order valence-corrected chi connectivity index (χ1v) is 7.08. The van der Waals surface area contributed by atoms with Crippen LogP contribution in [0.1, 0.15) is 29.4 Å². The Morgan fingerprint density at radius 2 is 1.95 bits per heavy atom. The molecule has 110 valence electrons. The summed E-state index contributed by atoms with van der Waals surface area (Å²) in [6.07, 6.45) is 0.781. The number of rotatable bonds is 5. The van der Waals surface area contributed by atoms with Crippen LogP contribution in [0.15, 0.2) is 41.2 Å². The van der Waals surface area contributed by atoms with Crippen molar-refractivity contribution in [2.24, 2.45) is 0 Å². The molecule has 2 rings (SSSR count). The third kappa shape index (κ3) is 4.16. The quantitative estimate of drug-likeness (QED) is 0.921. The summed E-state index contributed by atoms with van der Waals surface area (Å²) in [7, 11) is 0. The lowest BCUT2D eigenvalue weighted by Crippen LogP contribution is -2.29. The third-order valence-corrected chi connectivity index (χ3v) is 3.15. The number of hydrogen-bond acceptors (Lipinski definition) is 3. The molecule has 0 bridgehead atoms. The first kappa shape index (κ1) is 15.3. The molecule has 6 heteroatoms. The molecule has 0 fully saturated rings. The minimum absolute atomic E-state index is 0.203. The van der Waals surface area contributed by atoms with Crippen molar-refractivity contribution in [2.45, 2.75) is 26.4 Å². The molecule has 0 saturated heterocycles. The highest BCUT2D eigenvalue weighted by atomic mass is 35.5. The lowest BCUT2D eigenvalue weighted by molar-refractivity contribution is 0.0943. The van der Waals surface area contributed by atoms with E-state index in [1.54, 1.807) is 12.1 Å². The minimum atomic E-state index is -0.310. The van der Waals surface area contributed by atoms with E-state index in [1.807, 2.05) is 19.1 Å². The summed E-state index contributed by atoms with van der Waals surface area (Å²) in [5, 5.41) is 7.47. The summed E-state index contributed by atoms with van der Waals surface area (Å²) in [6.45, 7) is 2.82. The molecule has 0 spiro atoms. The zero-order chi connectivity index (χ0) is 15.2. The van der Waals surface area contributed by atoms with Gasteiger partial charge < -0.3 is 5.32 Å². The second kappa shape index (κ2) is 7.04. The van der Waals surface area contributed by atoms with Crippen LogP contribution in [0.25, 0.3) is 0 Å². The molecule has 1 aromatic carbocycles. The van der Waals surface area contributed by atoms with E-state index in [0.717, 1.165) is 12.0 Å². The summed E-state index contributed by atoms with van der Waals surface area (Å²) in [5.74, 6) is -0.310. The van der Waals surface area contributed by atoms with Gasteiger partial charge in [-0.15, -0.1) is 0 Å². The van der Waals surface area contributed by atoms with Crippen LogP contribution < -0.4 is 10.9 Å². The van der Waals surface area contributed by atoms with Gasteiger partial charge in [-0.25, -0.2) is 4.68 Å². The van der Waals surface area contributed by atoms with Crippen LogP contribution in [0.3, 0.4) is 0 Å². The maximum absolute atomic E-state index is 12.0. The Hall–Kier alpha value is -2.14. The molecular weight excluding hydrogens is 290 g/mol. The fourth-order valence-corrected chi connectivity index (χ4v) is 1.94. The Balaban J connectivity index is 2.04. The summed E-state index contributed by atoms with van der Waals surface area (Å²) < 4.78 is 1.30. The molecule has 2 aromatic rings. The van der Waals surface area contributed by atoms with E-state index in [0.29, 0.717) is 18.1 Å². The van der Waals surface area contributed by atoms with Crippen LogP contribution in [0.4, 0.5) is 0 Å². The Kier molecular flexibility index (Phi) is 5.11. The fraction of sp³-hybridized carbons (Fsp3) is 0.267. The van der Waals surface area contributed by atoms with Gasteiger partial charge in [0.25, 0.3) is 11.5 Å². The predicted molar refractivity (Wildman–Crippen MR) is 81.4 cm³/mol. The summed E-state index contributed by atoms with van der Waals surface area (Å²) in [5.41, 5.74) is 0.970. The molecule has 0 aliphatic heterocycles. The van der Waals surface area contributed by atoms with Crippen LogP contribution in [0.5, 0.6) is 0 Å². The lowest BCUT2D eigenvalue weighted by Gasteiger charge is -2.07. The zero-order valence-electron chi connectivity index (χ0n) is 11.7. The maximum atomic E-state index is 12.0. The molecule has 0 radical (unpaired) electrons. The predicted octanol–water partition coefficient (Wildman–Crippen LogP) is 2.24. The van der Waals surface area contributed by atoms with Gasteiger partial charge in [0.2, 0.25) is 0 Å². The second-order valence-corrected chi connectivity index (χ2v) is 5.03. The van der Waals surface area contributed by atoms with E-state index in [2.05, 4.69) is 10.4 Å². The number of carbonyl (C=O) groups excluding carboxylic acids is 1. The van der Waals surface area contributed by atoms with Crippen molar-refractivity contribution in [2.75, 3.05) is 0 Å². The van der Waals surface area contributed by atoms with Crippen LogP contribution in [-0.2, 0) is 13.1 Å². The van der Waals surface area contributed by atoms with Crippen LogP contribution in [0.2, 0.25) is 5.02 Å². The Morgan fingerprint density at radius 1 is 1.24 bits per heavy atom. The van der Waals surface area contributed by atoms with Gasteiger partial charge in [0.05, 0.1) is 0 Å². The average Bonchev–Trinajstić information content (AvgIpc) is 2.49. The summed E-state index contributed by atoms with van der Waals surface area (Å²) >= 11 is 5.80. The zero-order valence-corrected chi connectivity index (χ0v) is 12.4. The molecule has 1 N–H and O–H groups in total. The van der Waals surface area contributed by atoms with Crippen LogP contribution in [0, 0.1) is 0 Å². The number of amides is 1. The second-order valence-electron chi connectivity index (χ2n) is 4.59. The van der Waals surface area contributed by atoms with E-state index in [9.17, 15) is 9.59 Å². The van der Waals surface area contributed by atoms with Crippen molar-refractivity contribution >= 4 is 17.5 Å². The lowest BCUT2D eigenvalue weighted by atomic mass is 10.2. The van der Waals surface area contributed by atoms with Gasteiger partial charge in [0, 0.05) is 24.2 Å². The standard InChI is InChI=1S/C15H16ClN3O2/c1-2-9-19-14(20)8-7-13(18-19)15(21)17-10-11-3-5-12(16)6-4-11/h3-8H,2,9-10H2,1H3,(H,17,21). The van der Waals surface area contributed by atoms with Crippen molar-refractivity contribution in [3.05, 3.63) is 63.0 Å². The van der Waals surface area contributed by atoms with Gasteiger partial charge in [-0.2, -0.15) is 5.10 Å². The molecule has 1 amide bonds. The highest BCUT2D eigenvalue weighted by molar-refractivity contribution is 6.30. The molecule has 5 nitrogen and oxygen atoms in total. The van der Waals surface area contributed by atoms with Crippen molar-refractivity contribution in [3.8, 4) is 0 Å². The number of nitrogens with zero attached hydrogens (tertiary/aromatic N) is 2. The number of nitrogens with one attached hydrogen (secondary N) is 1. The molecule has 0 atom stereocenters. The van der Waals surface area contributed by atoms with E-state index >= 15 is 0 Å². The molecule has 0 saturated carbocycles. The SMILES string of the molecule is CCCn1nc(C(=O)NCc2ccc(Cl)cc2)ccc1=O. The maximum Gasteiger partial charge on any atom is 0.271 e. The first-order chi connectivity index (χ1) is 10.1. The van der Waals surface area contributed by atoms with Crippen LogP contribution >= 0.6 is 11.6 Å².